The molecule has 2 aliphatic rings. The van der Waals surface area contributed by atoms with Crippen LogP contribution in [0.25, 0.3) is 0 Å². The molecule has 2 N–H and O–H groups in total. The van der Waals surface area contributed by atoms with Gasteiger partial charge in [-0.3, -0.25) is 9.80 Å². The van der Waals surface area contributed by atoms with Crippen molar-refractivity contribution < 1.29 is 10.2 Å². The lowest BCUT2D eigenvalue weighted by Gasteiger charge is -2.39. The molecule has 0 spiro atoms. The highest BCUT2D eigenvalue weighted by molar-refractivity contribution is 4.88. The Balaban J connectivity index is 1.84. The minimum atomic E-state index is -0.270. The van der Waals surface area contributed by atoms with Crippen LogP contribution in [0.4, 0.5) is 0 Å². The molecule has 0 radical (unpaired) electrons. The summed E-state index contributed by atoms with van der Waals surface area (Å²) in [7, 11) is 0. The topological polar surface area (TPSA) is 46.9 Å². The second-order valence-corrected chi connectivity index (χ2v) is 6.04. The zero-order chi connectivity index (χ0) is 12.5. The van der Waals surface area contributed by atoms with Gasteiger partial charge in [0.15, 0.2) is 0 Å². The summed E-state index contributed by atoms with van der Waals surface area (Å²) in [6.07, 6.45) is 4.50. The normalized spacial score (nSPS) is 32.5. The van der Waals surface area contributed by atoms with Crippen molar-refractivity contribution in [3.8, 4) is 0 Å². The van der Waals surface area contributed by atoms with Gasteiger partial charge in [0.05, 0.1) is 0 Å². The monoisotopic (exact) mass is 242 g/mol. The predicted octanol–water partition coefficient (Wildman–Crippen LogP) is 0.984. The highest BCUT2D eigenvalue weighted by Gasteiger charge is 2.35. The Bertz CT molecular complexity index is 258. The summed E-state index contributed by atoms with van der Waals surface area (Å²) in [5.41, 5.74) is 0.0260. The Hall–Kier alpha value is -0.160. The third kappa shape index (κ3) is 2.99. The maximum Gasteiger partial charge on any atom is 0.107 e. The van der Waals surface area contributed by atoms with Crippen LogP contribution in [0.5, 0.6) is 0 Å². The zero-order valence-electron chi connectivity index (χ0n) is 11.1. The highest BCUT2D eigenvalue weighted by Crippen LogP contribution is 2.28. The van der Waals surface area contributed by atoms with Crippen molar-refractivity contribution in [1.82, 2.24) is 9.80 Å². The first kappa shape index (κ1) is 13.3. The van der Waals surface area contributed by atoms with Gasteiger partial charge in [-0.15, -0.1) is 0 Å². The van der Waals surface area contributed by atoms with E-state index in [1.165, 1.54) is 0 Å². The largest absolute Gasteiger partial charge is 0.378 e. The third-order valence-electron chi connectivity index (χ3n) is 4.34. The molecule has 2 heterocycles. The molecule has 17 heavy (non-hydrogen) atoms. The first-order valence-corrected chi connectivity index (χ1v) is 6.88. The molecule has 2 saturated heterocycles. The van der Waals surface area contributed by atoms with Crippen LogP contribution in [0, 0.1) is 0 Å². The van der Waals surface area contributed by atoms with Crippen LogP contribution in [0.3, 0.4) is 0 Å². The average Bonchev–Trinajstić information content (AvgIpc) is 2.85. The quantitative estimate of drug-likeness (QED) is 0.771. The molecular weight excluding hydrogens is 216 g/mol. The van der Waals surface area contributed by atoms with Crippen LogP contribution in [0.15, 0.2) is 0 Å². The number of hydrogen-bond donors (Lipinski definition) is 2. The van der Waals surface area contributed by atoms with Gasteiger partial charge in [-0.05, 0) is 46.0 Å². The molecule has 0 aliphatic carbocycles. The first-order chi connectivity index (χ1) is 8.00. The Morgan fingerprint density at radius 3 is 2.24 bits per heavy atom. The van der Waals surface area contributed by atoms with Crippen LogP contribution in [-0.2, 0) is 0 Å². The molecule has 0 saturated carbocycles. The summed E-state index contributed by atoms with van der Waals surface area (Å²) in [5, 5.41) is 19.7. The van der Waals surface area contributed by atoms with Gasteiger partial charge in [-0.1, -0.05) is 0 Å². The lowest BCUT2D eigenvalue weighted by Crippen LogP contribution is -2.48. The lowest BCUT2D eigenvalue weighted by atomic mass is 9.98. The van der Waals surface area contributed by atoms with Gasteiger partial charge in [-0.2, -0.15) is 0 Å². The van der Waals surface area contributed by atoms with Crippen molar-refractivity contribution in [2.24, 2.45) is 0 Å². The fourth-order valence-electron chi connectivity index (χ4n) is 3.09. The first-order valence-electron chi connectivity index (χ1n) is 6.88. The molecule has 0 aromatic heterocycles. The summed E-state index contributed by atoms with van der Waals surface area (Å²) in [4.78, 5) is 4.36. The van der Waals surface area contributed by atoms with E-state index in [9.17, 15) is 10.2 Å². The molecule has 4 nitrogen and oxygen atoms in total. The molecule has 2 rings (SSSR count). The number of nitrogens with zero attached hydrogens (tertiary/aromatic N) is 2. The second-order valence-electron chi connectivity index (χ2n) is 6.04. The summed E-state index contributed by atoms with van der Waals surface area (Å²) in [5.74, 6) is 0. The molecule has 2 atom stereocenters. The van der Waals surface area contributed by atoms with E-state index in [1.54, 1.807) is 0 Å². The van der Waals surface area contributed by atoms with E-state index in [2.05, 4.69) is 23.6 Å². The molecular formula is C13H26N2O2. The Morgan fingerprint density at radius 2 is 1.71 bits per heavy atom. The van der Waals surface area contributed by atoms with Gasteiger partial charge >= 0.3 is 0 Å². The molecule has 100 valence electrons. The zero-order valence-corrected chi connectivity index (χ0v) is 11.1. The molecule has 2 unspecified atom stereocenters. The molecule has 2 aliphatic heterocycles. The van der Waals surface area contributed by atoms with E-state index in [-0.39, 0.29) is 18.0 Å². The van der Waals surface area contributed by atoms with Gasteiger partial charge in [0.1, 0.15) is 12.5 Å². The number of hydrogen-bond acceptors (Lipinski definition) is 4. The standard InChI is InChI=1S/C13H26N2O2/c1-13(2,15-9-4-6-12(15)17)7-10-14-8-3-5-11(14)16/h11-12,16-17H,3-10H2,1-2H3. The second kappa shape index (κ2) is 5.22. The van der Waals surface area contributed by atoms with Crippen LogP contribution in [0.2, 0.25) is 0 Å². The summed E-state index contributed by atoms with van der Waals surface area (Å²) in [6.45, 7) is 7.34. The van der Waals surface area contributed by atoms with Gasteiger partial charge in [0, 0.05) is 25.2 Å². The lowest BCUT2D eigenvalue weighted by molar-refractivity contribution is -0.0379. The summed E-state index contributed by atoms with van der Waals surface area (Å²) >= 11 is 0. The molecule has 0 bridgehead atoms. The SMILES string of the molecule is CC(C)(CCN1CCCC1O)N1CCCC1O. The van der Waals surface area contributed by atoms with Crippen LogP contribution in [0.1, 0.15) is 46.0 Å². The molecule has 0 amide bonds. The Morgan fingerprint density at radius 1 is 1.06 bits per heavy atom. The Kier molecular flexibility index (Phi) is 4.08. The van der Waals surface area contributed by atoms with E-state index in [0.29, 0.717) is 0 Å². The van der Waals surface area contributed by atoms with Gasteiger partial charge in [0.2, 0.25) is 0 Å². The number of aliphatic hydroxyl groups excluding tert-OH is 2. The van der Waals surface area contributed by atoms with Crippen molar-refractivity contribution in [1.29, 1.82) is 0 Å². The van der Waals surface area contributed by atoms with E-state index < -0.39 is 0 Å². The van der Waals surface area contributed by atoms with Gasteiger partial charge in [0.25, 0.3) is 0 Å². The molecule has 0 aromatic carbocycles. The minimum Gasteiger partial charge on any atom is -0.378 e. The van der Waals surface area contributed by atoms with Crippen molar-refractivity contribution >= 4 is 0 Å². The van der Waals surface area contributed by atoms with E-state index in [4.69, 9.17) is 0 Å². The van der Waals surface area contributed by atoms with Gasteiger partial charge in [-0.25, -0.2) is 0 Å². The highest BCUT2D eigenvalue weighted by atomic mass is 16.3. The van der Waals surface area contributed by atoms with Crippen molar-refractivity contribution in [2.45, 2.75) is 63.9 Å². The van der Waals surface area contributed by atoms with Crippen LogP contribution < -0.4 is 0 Å². The average molecular weight is 242 g/mol. The van der Waals surface area contributed by atoms with Crippen molar-refractivity contribution in [3.63, 3.8) is 0 Å². The molecule has 0 aromatic rings. The molecule has 2 fully saturated rings. The smallest absolute Gasteiger partial charge is 0.107 e. The molecule has 4 heteroatoms. The number of rotatable bonds is 4. The fourth-order valence-corrected chi connectivity index (χ4v) is 3.09. The maximum atomic E-state index is 9.93. The fraction of sp³-hybridized carbons (Fsp3) is 1.00. The third-order valence-corrected chi connectivity index (χ3v) is 4.34. The summed E-state index contributed by atoms with van der Waals surface area (Å²) < 4.78 is 0. The van der Waals surface area contributed by atoms with Crippen molar-refractivity contribution in [2.75, 3.05) is 19.6 Å². The van der Waals surface area contributed by atoms with Crippen molar-refractivity contribution in [3.05, 3.63) is 0 Å². The van der Waals surface area contributed by atoms with E-state index in [1.807, 2.05) is 0 Å². The Labute approximate surface area is 104 Å². The maximum absolute atomic E-state index is 9.93. The summed E-state index contributed by atoms with van der Waals surface area (Å²) in [6, 6.07) is 0. The predicted molar refractivity (Wildman–Crippen MR) is 67.5 cm³/mol. The van der Waals surface area contributed by atoms with Crippen LogP contribution >= 0.6 is 0 Å². The van der Waals surface area contributed by atoms with E-state index >= 15 is 0 Å². The van der Waals surface area contributed by atoms with Gasteiger partial charge < -0.3 is 10.2 Å². The number of likely N-dealkylation sites (tertiary alicyclic amines) is 2. The number of aliphatic hydroxyl groups is 2. The van der Waals surface area contributed by atoms with E-state index in [0.717, 1.165) is 51.7 Å². The minimum absolute atomic E-state index is 0.0260. The van der Waals surface area contributed by atoms with Crippen LogP contribution in [-0.4, -0.2) is 57.6 Å².